The largest absolute Gasteiger partial charge is 0.239 e. The van der Waals surface area contributed by atoms with Crippen LogP contribution in [0.1, 0.15) is 11.5 Å². The normalized spacial score (nSPS) is 10.8. The average molecular weight is 275 g/mol. The summed E-state index contributed by atoms with van der Waals surface area (Å²) in [6.07, 6.45) is 0. The lowest BCUT2D eigenvalue weighted by molar-refractivity contribution is 0.623. The first-order valence-corrected chi connectivity index (χ1v) is 6.54. The molecule has 0 atom stereocenters. The summed E-state index contributed by atoms with van der Waals surface area (Å²) >= 11 is 1.41. The molecule has 5 nitrogen and oxygen atoms in total. The molecule has 0 fully saturated rings. The van der Waals surface area contributed by atoms with Gasteiger partial charge in [0.25, 0.3) is 0 Å². The van der Waals surface area contributed by atoms with Gasteiger partial charge in [0, 0.05) is 10.9 Å². The van der Waals surface area contributed by atoms with E-state index in [0.717, 1.165) is 11.5 Å². The standard InChI is InChI=1S/C12H10FN5S/c1-8-15-16-17-18(8)6-9-7-19-12(14-9)10-4-2-3-5-11(10)13/h2-5,7H,6H2,1H3. The molecule has 0 N–H and O–H groups in total. The van der Waals surface area contributed by atoms with Crippen LogP contribution in [0, 0.1) is 12.7 Å². The van der Waals surface area contributed by atoms with Crippen LogP contribution in [-0.2, 0) is 6.54 Å². The summed E-state index contributed by atoms with van der Waals surface area (Å²) in [5, 5.41) is 13.8. The van der Waals surface area contributed by atoms with Crippen molar-refractivity contribution in [3.8, 4) is 10.6 Å². The van der Waals surface area contributed by atoms with E-state index in [0.29, 0.717) is 17.1 Å². The van der Waals surface area contributed by atoms with Crippen LogP contribution in [-0.4, -0.2) is 25.2 Å². The number of tetrazole rings is 1. The van der Waals surface area contributed by atoms with Crippen molar-refractivity contribution < 1.29 is 4.39 Å². The molecule has 7 heteroatoms. The molecule has 0 bridgehead atoms. The minimum Gasteiger partial charge on any atom is -0.239 e. The Balaban J connectivity index is 1.88. The fourth-order valence-corrected chi connectivity index (χ4v) is 2.52. The zero-order valence-corrected chi connectivity index (χ0v) is 10.9. The van der Waals surface area contributed by atoms with E-state index >= 15 is 0 Å². The third kappa shape index (κ3) is 2.37. The lowest BCUT2D eigenvalue weighted by Gasteiger charge is -1.98. The van der Waals surface area contributed by atoms with Gasteiger partial charge in [-0.05, 0) is 29.5 Å². The highest BCUT2D eigenvalue weighted by molar-refractivity contribution is 7.13. The van der Waals surface area contributed by atoms with Crippen LogP contribution in [0.2, 0.25) is 0 Å². The molecule has 3 aromatic rings. The van der Waals surface area contributed by atoms with E-state index in [-0.39, 0.29) is 5.82 Å². The Morgan fingerprint density at radius 2 is 2.16 bits per heavy atom. The monoisotopic (exact) mass is 275 g/mol. The molecule has 0 spiro atoms. The molecule has 2 aromatic heterocycles. The average Bonchev–Trinajstić information content (AvgIpc) is 3.01. The maximum Gasteiger partial charge on any atom is 0.148 e. The highest BCUT2D eigenvalue weighted by Crippen LogP contribution is 2.26. The van der Waals surface area contributed by atoms with Crippen molar-refractivity contribution in [1.82, 2.24) is 25.2 Å². The summed E-state index contributed by atoms with van der Waals surface area (Å²) in [6.45, 7) is 2.31. The van der Waals surface area contributed by atoms with Crippen LogP contribution in [0.3, 0.4) is 0 Å². The first-order chi connectivity index (χ1) is 9.24. The maximum absolute atomic E-state index is 13.7. The molecule has 1 aromatic carbocycles. The molecule has 0 amide bonds. The minimum atomic E-state index is -0.262. The van der Waals surface area contributed by atoms with E-state index in [9.17, 15) is 4.39 Å². The summed E-state index contributed by atoms with van der Waals surface area (Å²) in [6, 6.07) is 6.62. The highest BCUT2D eigenvalue weighted by atomic mass is 32.1. The number of hydrogen-bond donors (Lipinski definition) is 0. The number of thiazole rings is 1. The summed E-state index contributed by atoms with van der Waals surface area (Å²) in [4.78, 5) is 4.42. The van der Waals surface area contributed by atoms with Crippen molar-refractivity contribution >= 4 is 11.3 Å². The molecule has 2 heterocycles. The number of benzene rings is 1. The van der Waals surface area contributed by atoms with E-state index in [1.807, 2.05) is 12.3 Å². The fraction of sp³-hybridized carbons (Fsp3) is 0.167. The van der Waals surface area contributed by atoms with Crippen molar-refractivity contribution in [2.75, 3.05) is 0 Å². The highest BCUT2D eigenvalue weighted by Gasteiger charge is 2.10. The third-order valence-corrected chi connectivity index (χ3v) is 3.60. The van der Waals surface area contributed by atoms with E-state index in [2.05, 4.69) is 20.5 Å². The van der Waals surface area contributed by atoms with Gasteiger partial charge in [-0.2, -0.15) is 0 Å². The van der Waals surface area contributed by atoms with E-state index in [1.54, 1.807) is 22.9 Å². The third-order valence-electron chi connectivity index (χ3n) is 2.68. The lowest BCUT2D eigenvalue weighted by Crippen LogP contribution is -2.04. The number of aromatic nitrogens is 5. The molecule has 0 aliphatic rings. The van der Waals surface area contributed by atoms with E-state index in [4.69, 9.17) is 0 Å². The quantitative estimate of drug-likeness (QED) is 0.736. The SMILES string of the molecule is Cc1nnnn1Cc1csc(-c2ccccc2F)n1. The van der Waals surface area contributed by atoms with Crippen LogP contribution in [0.4, 0.5) is 4.39 Å². The van der Waals surface area contributed by atoms with Gasteiger partial charge in [-0.1, -0.05) is 12.1 Å². The Labute approximate surface area is 112 Å². The molecule has 19 heavy (non-hydrogen) atoms. The molecule has 0 aliphatic heterocycles. The van der Waals surface area contributed by atoms with Gasteiger partial charge in [-0.3, -0.25) is 0 Å². The fourth-order valence-electron chi connectivity index (χ4n) is 1.69. The molecule has 96 valence electrons. The van der Waals surface area contributed by atoms with Gasteiger partial charge in [0.05, 0.1) is 12.2 Å². The number of hydrogen-bond acceptors (Lipinski definition) is 5. The Morgan fingerprint density at radius 1 is 1.32 bits per heavy atom. The summed E-state index contributed by atoms with van der Waals surface area (Å²) in [5.41, 5.74) is 1.34. The van der Waals surface area contributed by atoms with Gasteiger partial charge in [-0.25, -0.2) is 14.1 Å². The van der Waals surface area contributed by atoms with Crippen LogP contribution >= 0.6 is 11.3 Å². The molecule has 0 unspecified atom stereocenters. The van der Waals surface area contributed by atoms with Crippen molar-refractivity contribution in [1.29, 1.82) is 0 Å². The van der Waals surface area contributed by atoms with Gasteiger partial charge < -0.3 is 0 Å². The van der Waals surface area contributed by atoms with Crippen LogP contribution in [0.25, 0.3) is 10.6 Å². The summed E-state index contributed by atoms with van der Waals surface area (Å²) in [7, 11) is 0. The Morgan fingerprint density at radius 3 is 2.89 bits per heavy atom. The van der Waals surface area contributed by atoms with Crippen molar-refractivity contribution in [2.45, 2.75) is 13.5 Å². The predicted octanol–water partition coefficient (Wildman–Crippen LogP) is 2.29. The van der Waals surface area contributed by atoms with Crippen molar-refractivity contribution in [3.05, 3.63) is 47.0 Å². The van der Waals surface area contributed by atoms with E-state index < -0.39 is 0 Å². The maximum atomic E-state index is 13.7. The van der Waals surface area contributed by atoms with E-state index in [1.165, 1.54) is 17.4 Å². The van der Waals surface area contributed by atoms with Crippen molar-refractivity contribution in [3.63, 3.8) is 0 Å². The molecular formula is C12H10FN5S. The molecule has 0 radical (unpaired) electrons. The van der Waals surface area contributed by atoms with Crippen LogP contribution in [0.5, 0.6) is 0 Å². The predicted molar refractivity (Wildman–Crippen MR) is 69.2 cm³/mol. The number of rotatable bonds is 3. The first kappa shape index (κ1) is 11.9. The minimum absolute atomic E-state index is 0.262. The number of halogens is 1. The van der Waals surface area contributed by atoms with Crippen molar-refractivity contribution in [2.24, 2.45) is 0 Å². The number of aryl methyl sites for hydroxylation is 1. The smallest absolute Gasteiger partial charge is 0.148 e. The molecule has 0 aliphatic carbocycles. The Kier molecular flexibility index (Phi) is 3.04. The lowest BCUT2D eigenvalue weighted by atomic mass is 10.2. The van der Waals surface area contributed by atoms with Gasteiger partial charge in [-0.15, -0.1) is 16.4 Å². The Hall–Kier alpha value is -2.15. The van der Waals surface area contributed by atoms with Gasteiger partial charge in [0.15, 0.2) is 0 Å². The van der Waals surface area contributed by atoms with Gasteiger partial charge >= 0.3 is 0 Å². The zero-order chi connectivity index (χ0) is 13.2. The van der Waals surface area contributed by atoms with Crippen LogP contribution in [0.15, 0.2) is 29.6 Å². The number of nitrogens with zero attached hydrogens (tertiary/aromatic N) is 5. The van der Waals surface area contributed by atoms with Crippen LogP contribution < -0.4 is 0 Å². The molecule has 0 saturated carbocycles. The molecular weight excluding hydrogens is 265 g/mol. The van der Waals surface area contributed by atoms with Gasteiger partial charge in [0.2, 0.25) is 0 Å². The second kappa shape index (κ2) is 4.85. The second-order valence-corrected chi connectivity index (χ2v) is 4.87. The van der Waals surface area contributed by atoms with Gasteiger partial charge in [0.1, 0.15) is 16.6 Å². The first-order valence-electron chi connectivity index (χ1n) is 5.66. The zero-order valence-electron chi connectivity index (χ0n) is 10.1. The second-order valence-electron chi connectivity index (χ2n) is 4.01. The summed E-state index contributed by atoms with van der Waals surface area (Å²) in [5.74, 6) is 0.461. The topological polar surface area (TPSA) is 56.5 Å². The molecule has 3 rings (SSSR count). The summed E-state index contributed by atoms with van der Waals surface area (Å²) < 4.78 is 15.3. The Bertz CT molecular complexity index is 705. The molecule has 0 saturated heterocycles.